The largest absolute Gasteiger partial charge is 0.339 e. The predicted molar refractivity (Wildman–Crippen MR) is 119 cm³/mol. The average Bonchev–Trinajstić information content (AvgIpc) is 2.71. The van der Waals surface area contributed by atoms with Crippen molar-refractivity contribution in [3.8, 4) is 0 Å². The van der Waals surface area contributed by atoms with Crippen molar-refractivity contribution < 1.29 is 4.79 Å². The van der Waals surface area contributed by atoms with Crippen molar-refractivity contribution in [2.75, 3.05) is 26.2 Å². The first-order chi connectivity index (χ1) is 14.4. The number of hydrogen-bond acceptors (Lipinski definition) is 4. The molecule has 3 aromatic rings. The number of carbonyl (C=O) groups is 1. The van der Waals surface area contributed by atoms with Crippen LogP contribution < -0.4 is 5.56 Å². The molecule has 4 rings (SSSR count). The van der Waals surface area contributed by atoms with E-state index in [0.29, 0.717) is 34.0 Å². The molecule has 0 spiro atoms. The Hall–Kier alpha value is -2.12. The van der Waals surface area contributed by atoms with Gasteiger partial charge in [0.05, 0.1) is 22.3 Å². The van der Waals surface area contributed by atoms with E-state index in [1.165, 1.54) is 23.0 Å². The van der Waals surface area contributed by atoms with E-state index in [4.69, 9.17) is 34.8 Å². The van der Waals surface area contributed by atoms with E-state index in [1.54, 1.807) is 4.90 Å². The first-order valence-electron chi connectivity index (χ1n) is 9.49. The first kappa shape index (κ1) is 21.1. The molecule has 1 aromatic heterocycles. The molecule has 2 heterocycles. The summed E-state index contributed by atoms with van der Waals surface area (Å²) in [5, 5.41) is 1.68. The fraction of sp³-hybridized carbons (Fsp3) is 0.286. The number of nitrogens with zero attached hydrogens (tertiary/aromatic N) is 4. The van der Waals surface area contributed by atoms with Crippen molar-refractivity contribution in [3.63, 3.8) is 0 Å². The van der Waals surface area contributed by atoms with Gasteiger partial charge in [-0.05, 0) is 29.8 Å². The van der Waals surface area contributed by atoms with Crippen LogP contribution in [0.3, 0.4) is 0 Å². The fourth-order valence-electron chi connectivity index (χ4n) is 3.60. The third kappa shape index (κ3) is 4.62. The Kier molecular flexibility index (Phi) is 6.29. The Morgan fingerprint density at radius 2 is 1.77 bits per heavy atom. The minimum absolute atomic E-state index is 0.0692. The lowest BCUT2D eigenvalue weighted by Gasteiger charge is -2.34. The molecule has 156 valence electrons. The van der Waals surface area contributed by atoms with Gasteiger partial charge in [-0.3, -0.25) is 19.1 Å². The van der Waals surface area contributed by atoms with Gasteiger partial charge in [-0.1, -0.05) is 46.9 Å². The monoisotopic (exact) mass is 464 g/mol. The standard InChI is InChI=1S/C21H19Cl3N4O2/c22-15-3-1-2-14(8-15)11-26-4-6-27(7-5-26)19(29)12-28-13-25-20-17(21(28)30)9-16(23)10-18(20)24/h1-3,8-10,13H,4-7,11-12H2. The van der Waals surface area contributed by atoms with E-state index in [0.717, 1.165) is 30.2 Å². The van der Waals surface area contributed by atoms with E-state index >= 15 is 0 Å². The quantitative estimate of drug-likeness (QED) is 0.589. The zero-order valence-corrected chi connectivity index (χ0v) is 18.3. The Morgan fingerprint density at radius 1 is 1.00 bits per heavy atom. The summed E-state index contributed by atoms with van der Waals surface area (Å²) >= 11 is 18.2. The Bertz CT molecular complexity index is 1160. The molecule has 1 fully saturated rings. The number of aromatic nitrogens is 2. The van der Waals surface area contributed by atoms with Crippen LogP contribution in [-0.2, 0) is 17.9 Å². The number of benzene rings is 2. The zero-order valence-electron chi connectivity index (χ0n) is 16.0. The van der Waals surface area contributed by atoms with Crippen LogP contribution in [0.1, 0.15) is 5.56 Å². The van der Waals surface area contributed by atoms with Gasteiger partial charge in [0.15, 0.2) is 0 Å². The molecule has 30 heavy (non-hydrogen) atoms. The van der Waals surface area contributed by atoms with Gasteiger partial charge >= 0.3 is 0 Å². The van der Waals surface area contributed by atoms with E-state index < -0.39 is 0 Å². The maximum absolute atomic E-state index is 12.7. The molecule has 0 bridgehead atoms. The molecular formula is C21H19Cl3N4O2. The molecule has 0 atom stereocenters. The maximum Gasteiger partial charge on any atom is 0.261 e. The van der Waals surface area contributed by atoms with Gasteiger partial charge in [0.25, 0.3) is 5.56 Å². The minimum atomic E-state index is -0.336. The molecule has 6 nitrogen and oxygen atoms in total. The summed E-state index contributed by atoms with van der Waals surface area (Å²) in [6.45, 7) is 3.45. The van der Waals surface area contributed by atoms with Crippen LogP contribution in [0.25, 0.3) is 10.9 Å². The van der Waals surface area contributed by atoms with E-state index in [9.17, 15) is 9.59 Å². The summed E-state index contributed by atoms with van der Waals surface area (Å²) in [5.74, 6) is -0.117. The smallest absolute Gasteiger partial charge is 0.261 e. The van der Waals surface area contributed by atoms with Gasteiger partial charge in [-0.2, -0.15) is 0 Å². The summed E-state index contributed by atoms with van der Waals surface area (Å²) in [5.41, 5.74) is 1.19. The fourth-order valence-corrected chi connectivity index (χ4v) is 4.36. The van der Waals surface area contributed by atoms with Crippen molar-refractivity contribution >= 4 is 51.6 Å². The third-order valence-corrected chi connectivity index (χ3v) is 5.91. The molecule has 0 N–H and O–H groups in total. The summed E-state index contributed by atoms with van der Waals surface area (Å²) in [7, 11) is 0. The van der Waals surface area contributed by atoms with Crippen LogP contribution in [0.5, 0.6) is 0 Å². The number of carbonyl (C=O) groups excluding carboxylic acids is 1. The van der Waals surface area contributed by atoms with E-state index in [-0.39, 0.29) is 18.0 Å². The molecule has 1 saturated heterocycles. The van der Waals surface area contributed by atoms with Gasteiger partial charge < -0.3 is 4.90 Å². The molecule has 2 aromatic carbocycles. The molecule has 0 saturated carbocycles. The topological polar surface area (TPSA) is 58.4 Å². The van der Waals surface area contributed by atoms with Crippen LogP contribution in [0.4, 0.5) is 0 Å². The molecule has 0 unspecified atom stereocenters. The van der Waals surface area contributed by atoms with Crippen molar-refractivity contribution in [3.05, 3.63) is 73.7 Å². The van der Waals surface area contributed by atoms with Gasteiger partial charge in [0, 0.05) is 42.8 Å². The highest BCUT2D eigenvalue weighted by Gasteiger charge is 2.22. The van der Waals surface area contributed by atoms with Crippen LogP contribution >= 0.6 is 34.8 Å². The second-order valence-corrected chi connectivity index (χ2v) is 8.53. The molecule has 1 amide bonds. The molecule has 0 radical (unpaired) electrons. The second-order valence-electron chi connectivity index (χ2n) is 7.25. The second kappa shape index (κ2) is 8.94. The van der Waals surface area contributed by atoms with Crippen molar-refractivity contribution in [1.29, 1.82) is 0 Å². The third-order valence-electron chi connectivity index (χ3n) is 5.17. The normalized spacial score (nSPS) is 15.0. The predicted octanol–water partition coefficient (Wildman–Crippen LogP) is 3.70. The van der Waals surface area contributed by atoms with Crippen LogP contribution in [0.15, 0.2) is 47.5 Å². The Labute approximate surface area is 188 Å². The van der Waals surface area contributed by atoms with Gasteiger partial charge in [0.2, 0.25) is 5.91 Å². The minimum Gasteiger partial charge on any atom is -0.339 e. The highest BCUT2D eigenvalue weighted by Crippen LogP contribution is 2.24. The lowest BCUT2D eigenvalue weighted by molar-refractivity contribution is -0.133. The maximum atomic E-state index is 12.7. The SMILES string of the molecule is O=C(Cn1cnc2c(Cl)cc(Cl)cc2c1=O)N1CCN(Cc2cccc(Cl)c2)CC1. The Morgan fingerprint density at radius 3 is 2.50 bits per heavy atom. The summed E-state index contributed by atoms with van der Waals surface area (Å²) in [6, 6.07) is 10.8. The highest BCUT2D eigenvalue weighted by atomic mass is 35.5. The summed E-state index contributed by atoms with van der Waals surface area (Å²) in [4.78, 5) is 33.8. The number of piperazine rings is 1. The van der Waals surface area contributed by atoms with E-state index in [1.807, 2.05) is 24.3 Å². The molecular weight excluding hydrogens is 447 g/mol. The molecule has 0 aliphatic carbocycles. The summed E-state index contributed by atoms with van der Waals surface area (Å²) < 4.78 is 1.30. The van der Waals surface area contributed by atoms with Crippen LogP contribution in [0, 0.1) is 0 Å². The number of hydrogen-bond donors (Lipinski definition) is 0. The van der Waals surface area contributed by atoms with Crippen LogP contribution in [-0.4, -0.2) is 51.4 Å². The van der Waals surface area contributed by atoms with Gasteiger partial charge in [0.1, 0.15) is 6.54 Å². The van der Waals surface area contributed by atoms with E-state index in [2.05, 4.69) is 9.88 Å². The van der Waals surface area contributed by atoms with Crippen molar-refractivity contribution in [2.45, 2.75) is 13.1 Å². The van der Waals surface area contributed by atoms with Crippen LogP contribution in [0.2, 0.25) is 15.1 Å². The number of rotatable bonds is 4. The van der Waals surface area contributed by atoms with Gasteiger partial charge in [-0.15, -0.1) is 0 Å². The molecule has 1 aliphatic heterocycles. The number of halogens is 3. The Balaban J connectivity index is 1.40. The summed E-state index contributed by atoms with van der Waals surface area (Å²) in [6.07, 6.45) is 1.36. The number of fused-ring (bicyclic) bond motifs is 1. The molecule has 1 aliphatic rings. The lowest BCUT2D eigenvalue weighted by Crippen LogP contribution is -2.49. The first-order valence-corrected chi connectivity index (χ1v) is 10.6. The highest BCUT2D eigenvalue weighted by molar-refractivity contribution is 6.38. The van der Waals surface area contributed by atoms with Gasteiger partial charge in [-0.25, -0.2) is 4.98 Å². The van der Waals surface area contributed by atoms with Crippen molar-refractivity contribution in [2.24, 2.45) is 0 Å². The lowest BCUT2D eigenvalue weighted by atomic mass is 10.2. The zero-order chi connectivity index (χ0) is 21.3. The van der Waals surface area contributed by atoms with Crippen molar-refractivity contribution in [1.82, 2.24) is 19.4 Å². The average molecular weight is 466 g/mol. The number of amides is 1. The molecule has 9 heteroatoms.